The SMILES string of the molecule is N#Cc1cc([N+](=O)[O-])cnc1NCCCNC1CC1. The number of nitrogens with zero attached hydrogens (tertiary/aromatic N) is 3. The standard InChI is InChI=1S/C12H15N5O2/c13-7-9-6-11(17(18)19)8-16-12(9)15-5-1-4-14-10-2-3-10/h6,8,10,14H,1-5H2,(H,15,16). The lowest BCUT2D eigenvalue weighted by molar-refractivity contribution is -0.385. The third-order valence-corrected chi connectivity index (χ3v) is 2.86. The highest BCUT2D eigenvalue weighted by Crippen LogP contribution is 2.19. The molecule has 0 aromatic carbocycles. The number of hydrogen-bond donors (Lipinski definition) is 2. The molecule has 2 N–H and O–H groups in total. The Kier molecular flexibility index (Phi) is 4.26. The topological polar surface area (TPSA) is 104 Å². The van der Waals surface area contributed by atoms with E-state index in [4.69, 9.17) is 5.26 Å². The first kappa shape index (κ1) is 13.2. The zero-order chi connectivity index (χ0) is 13.7. The van der Waals surface area contributed by atoms with E-state index in [1.54, 1.807) is 0 Å². The molecule has 1 aromatic heterocycles. The van der Waals surface area contributed by atoms with E-state index in [0.29, 0.717) is 18.4 Å². The molecule has 1 heterocycles. The maximum atomic E-state index is 10.6. The molecular weight excluding hydrogens is 246 g/mol. The fourth-order valence-corrected chi connectivity index (χ4v) is 1.67. The van der Waals surface area contributed by atoms with Gasteiger partial charge in [0.2, 0.25) is 0 Å². The summed E-state index contributed by atoms with van der Waals surface area (Å²) in [5.41, 5.74) is 0.0295. The van der Waals surface area contributed by atoms with E-state index in [-0.39, 0.29) is 11.3 Å². The number of nitrogens with one attached hydrogen (secondary N) is 2. The van der Waals surface area contributed by atoms with Crippen molar-refractivity contribution in [1.82, 2.24) is 10.3 Å². The van der Waals surface area contributed by atoms with Gasteiger partial charge in [-0.2, -0.15) is 5.26 Å². The van der Waals surface area contributed by atoms with Crippen molar-refractivity contribution in [2.75, 3.05) is 18.4 Å². The fraction of sp³-hybridized carbons (Fsp3) is 0.500. The van der Waals surface area contributed by atoms with E-state index in [0.717, 1.165) is 19.2 Å². The van der Waals surface area contributed by atoms with Gasteiger partial charge in [-0.15, -0.1) is 0 Å². The van der Waals surface area contributed by atoms with E-state index in [1.165, 1.54) is 18.9 Å². The van der Waals surface area contributed by atoms with Crippen LogP contribution in [-0.4, -0.2) is 29.0 Å². The fourth-order valence-electron chi connectivity index (χ4n) is 1.67. The monoisotopic (exact) mass is 261 g/mol. The molecule has 0 aliphatic heterocycles. The predicted octanol–water partition coefficient (Wildman–Crippen LogP) is 1.42. The highest BCUT2D eigenvalue weighted by molar-refractivity contribution is 5.55. The molecule has 1 saturated carbocycles. The summed E-state index contributed by atoms with van der Waals surface area (Å²) in [7, 11) is 0. The van der Waals surface area contributed by atoms with Gasteiger partial charge in [0.25, 0.3) is 5.69 Å². The van der Waals surface area contributed by atoms with Crippen LogP contribution in [0.5, 0.6) is 0 Å². The molecular formula is C12H15N5O2. The van der Waals surface area contributed by atoms with Crippen molar-refractivity contribution in [1.29, 1.82) is 5.26 Å². The van der Waals surface area contributed by atoms with E-state index in [2.05, 4.69) is 15.6 Å². The minimum atomic E-state index is -0.558. The van der Waals surface area contributed by atoms with Gasteiger partial charge in [-0.3, -0.25) is 10.1 Å². The summed E-state index contributed by atoms with van der Waals surface area (Å²) in [5, 5.41) is 25.9. The van der Waals surface area contributed by atoms with Crippen LogP contribution in [-0.2, 0) is 0 Å². The molecule has 0 amide bonds. The number of pyridine rings is 1. The van der Waals surface area contributed by atoms with Crippen molar-refractivity contribution in [3.05, 3.63) is 27.9 Å². The Bertz CT molecular complexity index is 507. The van der Waals surface area contributed by atoms with E-state index < -0.39 is 4.92 Å². The molecule has 19 heavy (non-hydrogen) atoms. The molecule has 1 aliphatic carbocycles. The van der Waals surface area contributed by atoms with E-state index in [9.17, 15) is 10.1 Å². The zero-order valence-corrected chi connectivity index (χ0v) is 10.4. The maximum Gasteiger partial charge on any atom is 0.289 e. The molecule has 1 fully saturated rings. The van der Waals surface area contributed by atoms with Crippen LogP contribution in [0.3, 0.4) is 0 Å². The first-order valence-electron chi connectivity index (χ1n) is 6.22. The molecule has 0 atom stereocenters. The third-order valence-electron chi connectivity index (χ3n) is 2.86. The molecule has 0 unspecified atom stereocenters. The summed E-state index contributed by atoms with van der Waals surface area (Å²) in [4.78, 5) is 13.9. The van der Waals surface area contributed by atoms with Crippen LogP contribution >= 0.6 is 0 Å². The van der Waals surface area contributed by atoms with Gasteiger partial charge in [-0.1, -0.05) is 0 Å². The molecule has 100 valence electrons. The van der Waals surface area contributed by atoms with Crippen molar-refractivity contribution in [2.24, 2.45) is 0 Å². The molecule has 2 rings (SSSR count). The number of aromatic nitrogens is 1. The lowest BCUT2D eigenvalue weighted by Crippen LogP contribution is -2.20. The smallest absolute Gasteiger partial charge is 0.289 e. The second-order valence-electron chi connectivity index (χ2n) is 4.47. The van der Waals surface area contributed by atoms with Crippen LogP contribution in [0.4, 0.5) is 11.5 Å². The van der Waals surface area contributed by atoms with Crippen LogP contribution in [0.1, 0.15) is 24.8 Å². The normalized spacial score (nSPS) is 13.8. The number of nitriles is 1. The third kappa shape index (κ3) is 3.89. The largest absolute Gasteiger partial charge is 0.369 e. The predicted molar refractivity (Wildman–Crippen MR) is 69.7 cm³/mol. The van der Waals surface area contributed by atoms with Gasteiger partial charge >= 0.3 is 0 Å². The first-order chi connectivity index (χ1) is 9.20. The van der Waals surface area contributed by atoms with Gasteiger partial charge in [-0.25, -0.2) is 4.98 Å². The van der Waals surface area contributed by atoms with Gasteiger partial charge in [0.1, 0.15) is 23.6 Å². The van der Waals surface area contributed by atoms with Crippen LogP contribution in [0.2, 0.25) is 0 Å². The average Bonchev–Trinajstić information content (AvgIpc) is 3.22. The highest BCUT2D eigenvalue weighted by Gasteiger charge is 2.19. The summed E-state index contributed by atoms with van der Waals surface area (Å²) >= 11 is 0. The van der Waals surface area contributed by atoms with Crippen molar-refractivity contribution in [3.8, 4) is 6.07 Å². The number of hydrogen-bond acceptors (Lipinski definition) is 6. The minimum absolute atomic E-state index is 0.169. The first-order valence-corrected chi connectivity index (χ1v) is 6.22. The van der Waals surface area contributed by atoms with Crippen molar-refractivity contribution >= 4 is 11.5 Å². The van der Waals surface area contributed by atoms with Crippen molar-refractivity contribution < 1.29 is 4.92 Å². The molecule has 0 saturated heterocycles. The average molecular weight is 261 g/mol. The molecule has 0 bridgehead atoms. The van der Waals surface area contributed by atoms with Crippen LogP contribution in [0, 0.1) is 21.4 Å². The van der Waals surface area contributed by atoms with E-state index >= 15 is 0 Å². The van der Waals surface area contributed by atoms with Crippen LogP contribution in [0.15, 0.2) is 12.3 Å². The lowest BCUT2D eigenvalue weighted by atomic mass is 10.2. The second kappa shape index (κ2) is 6.11. The Hall–Kier alpha value is -2.20. The second-order valence-corrected chi connectivity index (χ2v) is 4.47. The van der Waals surface area contributed by atoms with Crippen LogP contribution in [0.25, 0.3) is 0 Å². The van der Waals surface area contributed by atoms with Gasteiger partial charge in [-0.05, 0) is 25.8 Å². The van der Waals surface area contributed by atoms with Crippen LogP contribution < -0.4 is 10.6 Å². The van der Waals surface area contributed by atoms with Gasteiger partial charge < -0.3 is 10.6 Å². The summed E-state index contributed by atoms with van der Waals surface area (Å²) in [6.07, 6.45) is 4.59. The molecule has 0 radical (unpaired) electrons. The zero-order valence-electron chi connectivity index (χ0n) is 10.4. The Morgan fingerprint density at radius 1 is 1.53 bits per heavy atom. The molecule has 7 heteroatoms. The van der Waals surface area contributed by atoms with Gasteiger partial charge in [0.15, 0.2) is 0 Å². The summed E-state index contributed by atoms with van der Waals surface area (Å²) in [6.45, 7) is 1.60. The summed E-state index contributed by atoms with van der Waals surface area (Å²) < 4.78 is 0. The van der Waals surface area contributed by atoms with E-state index in [1.807, 2.05) is 6.07 Å². The Morgan fingerprint density at radius 2 is 2.32 bits per heavy atom. The highest BCUT2D eigenvalue weighted by atomic mass is 16.6. The Balaban J connectivity index is 1.84. The maximum absolute atomic E-state index is 10.6. The number of rotatable bonds is 7. The lowest BCUT2D eigenvalue weighted by Gasteiger charge is -2.07. The van der Waals surface area contributed by atoms with Crippen molar-refractivity contribution in [3.63, 3.8) is 0 Å². The number of nitro groups is 1. The number of anilines is 1. The summed E-state index contributed by atoms with van der Waals surface area (Å²) in [5.74, 6) is 0.402. The molecule has 0 spiro atoms. The van der Waals surface area contributed by atoms with Crippen molar-refractivity contribution in [2.45, 2.75) is 25.3 Å². The van der Waals surface area contributed by atoms with Gasteiger partial charge in [0, 0.05) is 18.7 Å². The molecule has 1 aliphatic rings. The minimum Gasteiger partial charge on any atom is -0.369 e. The Labute approximate surface area is 110 Å². The summed E-state index contributed by atoms with van der Waals surface area (Å²) in [6, 6.07) is 3.84. The quantitative estimate of drug-likeness (QED) is 0.437. The molecule has 1 aromatic rings. The molecule has 7 nitrogen and oxygen atoms in total. The van der Waals surface area contributed by atoms with Gasteiger partial charge in [0.05, 0.1) is 4.92 Å². The Morgan fingerprint density at radius 3 is 2.95 bits per heavy atom.